The minimum absolute atomic E-state index is 0.263. The average molecular weight is 275 g/mol. The van der Waals surface area contributed by atoms with Gasteiger partial charge in [0, 0.05) is 5.02 Å². The van der Waals surface area contributed by atoms with Crippen molar-refractivity contribution < 1.29 is 9.53 Å². The van der Waals surface area contributed by atoms with Crippen LogP contribution in [0.2, 0.25) is 5.02 Å². The number of rotatable bonds is 3. The quantitative estimate of drug-likeness (QED) is 0.781. The van der Waals surface area contributed by atoms with Crippen LogP contribution in [0.1, 0.15) is 18.4 Å². The Bertz CT molecular complexity index is 579. The summed E-state index contributed by atoms with van der Waals surface area (Å²) in [6, 6.07) is 15.6. The fourth-order valence-electron chi connectivity index (χ4n) is 1.97. The zero-order chi connectivity index (χ0) is 13.8. The van der Waals surface area contributed by atoms with Gasteiger partial charge in [0.15, 0.2) is 0 Å². The van der Waals surface area contributed by atoms with Gasteiger partial charge in [-0.1, -0.05) is 48.0 Å². The van der Waals surface area contributed by atoms with Gasteiger partial charge in [0.05, 0.1) is 13.0 Å². The SMILES string of the molecule is COC(=O)[C@H](C)c1cc(Cl)cc(-c2ccccc2)c1. The number of hydrogen-bond donors (Lipinski definition) is 0. The lowest BCUT2D eigenvalue weighted by molar-refractivity contribution is -0.141. The van der Waals surface area contributed by atoms with Gasteiger partial charge in [0.2, 0.25) is 0 Å². The van der Waals surface area contributed by atoms with Crippen LogP contribution < -0.4 is 0 Å². The Kier molecular flexibility index (Phi) is 4.23. The molecular formula is C16H15ClO2. The third-order valence-electron chi connectivity index (χ3n) is 3.08. The van der Waals surface area contributed by atoms with Crippen LogP contribution in [0.3, 0.4) is 0 Å². The third-order valence-corrected chi connectivity index (χ3v) is 3.30. The Morgan fingerprint density at radius 1 is 1.11 bits per heavy atom. The first-order chi connectivity index (χ1) is 9.11. The molecule has 3 heteroatoms. The highest BCUT2D eigenvalue weighted by molar-refractivity contribution is 6.31. The standard InChI is InChI=1S/C16H15ClO2/c1-11(16(18)19-2)13-8-14(10-15(17)9-13)12-6-4-3-5-7-12/h3-11H,1-2H3/t11-/m1/s1. The molecule has 0 aromatic heterocycles. The molecule has 1 atom stereocenters. The molecule has 0 amide bonds. The van der Waals surface area contributed by atoms with E-state index in [0.29, 0.717) is 5.02 Å². The number of carbonyl (C=O) groups excluding carboxylic acids is 1. The van der Waals surface area contributed by atoms with Crippen molar-refractivity contribution in [2.75, 3.05) is 7.11 Å². The number of esters is 1. The molecule has 0 spiro atoms. The number of hydrogen-bond acceptors (Lipinski definition) is 2. The fourth-order valence-corrected chi connectivity index (χ4v) is 2.22. The minimum Gasteiger partial charge on any atom is -0.469 e. The van der Waals surface area contributed by atoms with Crippen molar-refractivity contribution >= 4 is 17.6 Å². The van der Waals surface area contributed by atoms with E-state index < -0.39 is 0 Å². The van der Waals surface area contributed by atoms with Gasteiger partial charge in [-0.05, 0) is 35.7 Å². The van der Waals surface area contributed by atoms with Crippen molar-refractivity contribution in [3.63, 3.8) is 0 Å². The predicted molar refractivity (Wildman–Crippen MR) is 77.3 cm³/mol. The Labute approximate surface area is 118 Å². The number of benzene rings is 2. The van der Waals surface area contributed by atoms with Crippen LogP contribution in [0, 0.1) is 0 Å². The fraction of sp³-hybridized carbons (Fsp3) is 0.188. The molecular weight excluding hydrogens is 260 g/mol. The monoisotopic (exact) mass is 274 g/mol. The van der Waals surface area contributed by atoms with Crippen LogP contribution in [-0.2, 0) is 9.53 Å². The predicted octanol–water partition coefficient (Wildman–Crippen LogP) is 4.28. The van der Waals surface area contributed by atoms with Crippen LogP contribution in [0.4, 0.5) is 0 Å². The molecule has 0 aliphatic rings. The van der Waals surface area contributed by atoms with Crippen LogP contribution in [-0.4, -0.2) is 13.1 Å². The van der Waals surface area contributed by atoms with Gasteiger partial charge in [0.1, 0.15) is 0 Å². The van der Waals surface area contributed by atoms with E-state index in [9.17, 15) is 4.79 Å². The second kappa shape index (κ2) is 5.89. The van der Waals surface area contributed by atoms with Gasteiger partial charge in [-0.3, -0.25) is 4.79 Å². The van der Waals surface area contributed by atoms with Gasteiger partial charge in [0.25, 0.3) is 0 Å². The largest absolute Gasteiger partial charge is 0.469 e. The first kappa shape index (κ1) is 13.6. The van der Waals surface area contributed by atoms with E-state index in [1.54, 1.807) is 6.07 Å². The zero-order valence-corrected chi connectivity index (χ0v) is 11.6. The van der Waals surface area contributed by atoms with Crippen molar-refractivity contribution in [2.24, 2.45) is 0 Å². The Morgan fingerprint density at radius 3 is 2.42 bits per heavy atom. The van der Waals surface area contributed by atoms with E-state index in [1.165, 1.54) is 7.11 Å². The van der Waals surface area contributed by atoms with E-state index in [-0.39, 0.29) is 11.9 Å². The summed E-state index contributed by atoms with van der Waals surface area (Å²) in [5.41, 5.74) is 2.93. The lowest BCUT2D eigenvalue weighted by Gasteiger charge is -2.12. The van der Waals surface area contributed by atoms with Crippen molar-refractivity contribution in [3.05, 3.63) is 59.1 Å². The summed E-state index contributed by atoms with van der Waals surface area (Å²) in [4.78, 5) is 11.6. The molecule has 0 bridgehead atoms. The summed E-state index contributed by atoms with van der Waals surface area (Å²) in [6.45, 7) is 1.81. The molecule has 0 saturated carbocycles. The van der Waals surface area contributed by atoms with Crippen LogP contribution in [0.25, 0.3) is 11.1 Å². The highest BCUT2D eigenvalue weighted by Crippen LogP contribution is 2.28. The zero-order valence-electron chi connectivity index (χ0n) is 10.9. The highest BCUT2D eigenvalue weighted by atomic mass is 35.5. The Balaban J connectivity index is 2.43. The molecule has 0 radical (unpaired) electrons. The first-order valence-corrected chi connectivity index (χ1v) is 6.43. The molecule has 98 valence electrons. The summed E-state index contributed by atoms with van der Waals surface area (Å²) in [5, 5.41) is 0.618. The molecule has 0 aliphatic carbocycles. The Morgan fingerprint density at radius 2 is 1.79 bits per heavy atom. The van der Waals surface area contributed by atoms with E-state index >= 15 is 0 Å². The van der Waals surface area contributed by atoms with Crippen molar-refractivity contribution in [1.82, 2.24) is 0 Å². The maximum absolute atomic E-state index is 11.6. The lowest BCUT2D eigenvalue weighted by atomic mass is 9.96. The summed E-state index contributed by atoms with van der Waals surface area (Å²) in [7, 11) is 1.39. The van der Waals surface area contributed by atoms with Crippen LogP contribution >= 0.6 is 11.6 Å². The molecule has 2 rings (SSSR count). The highest BCUT2D eigenvalue weighted by Gasteiger charge is 2.17. The lowest BCUT2D eigenvalue weighted by Crippen LogP contribution is -2.10. The van der Waals surface area contributed by atoms with Gasteiger partial charge in [-0.15, -0.1) is 0 Å². The van der Waals surface area contributed by atoms with Crippen molar-refractivity contribution in [1.29, 1.82) is 0 Å². The molecule has 2 aromatic rings. The number of ether oxygens (including phenoxy) is 1. The minimum atomic E-state index is -0.328. The second-order valence-electron chi connectivity index (χ2n) is 4.38. The van der Waals surface area contributed by atoms with E-state index in [4.69, 9.17) is 16.3 Å². The summed E-state index contributed by atoms with van der Waals surface area (Å²) in [5.74, 6) is -0.590. The number of halogens is 1. The topological polar surface area (TPSA) is 26.3 Å². The first-order valence-electron chi connectivity index (χ1n) is 6.05. The Hall–Kier alpha value is -1.80. The molecule has 0 fully saturated rings. The molecule has 0 heterocycles. The third kappa shape index (κ3) is 3.15. The van der Waals surface area contributed by atoms with Gasteiger partial charge in [-0.25, -0.2) is 0 Å². The molecule has 2 nitrogen and oxygen atoms in total. The normalized spacial score (nSPS) is 11.9. The molecule has 0 N–H and O–H groups in total. The maximum Gasteiger partial charge on any atom is 0.312 e. The molecule has 19 heavy (non-hydrogen) atoms. The van der Waals surface area contributed by atoms with Crippen LogP contribution in [0.5, 0.6) is 0 Å². The van der Waals surface area contributed by atoms with Crippen molar-refractivity contribution in [3.8, 4) is 11.1 Å². The van der Waals surface area contributed by atoms with Gasteiger partial charge >= 0.3 is 5.97 Å². The average Bonchev–Trinajstić information content (AvgIpc) is 2.46. The van der Waals surface area contributed by atoms with Gasteiger partial charge in [-0.2, -0.15) is 0 Å². The smallest absolute Gasteiger partial charge is 0.312 e. The molecule has 2 aromatic carbocycles. The summed E-state index contributed by atoms with van der Waals surface area (Å²) < 4.78 is 4.77. The molecule has 0 saturated heterocycles. The van der Waals surface area contributed by atoms with Gasteiger partial charge < -0.3 is 4.74 Å². The second-order valence-corrected chi connectivity index (χ2v) is 4.82. The van der Waals surface area contributed by atoms with Crippen molar-refractivity contribution in [2.45, 2.75) is 12.8 Å². The molecule has 0 unspecified atom stereocenters. The van der Waals surface area contributed by atoms with E-state index in [0.717, 1.165) is 16.7 Å². The maximum atomic E-state index is 11.6. The molecule has 0 aliphatic heterocycles. The van der Waals surface area contributed by atoms with E-state index in [1.807, 2.05) is 49.4 Å². The van der Waals surface area contributed by atoms with E-state index in [2.05, 4.69) is 0 Å². The summed E-state index contributed by atoms with van der Waals surface area (Å²) in [6.07, 6.45) is 0. The number of methoxy groups -OCH3 is 1. The van der Waals surface area contributed by atoms with Crippen LogP contribution in [0.15, 0.2) is 48.5 Å². The summed E-state index contributed by atoms with van der Waals surface area (Å²) >= 11 is 6.14. The number of carbonyl (C=O) groups is 1.